The largest absolute Gasteiger partial charge is 0.508 e. The van der Waals surface area contributed by atoms with Gasteiger partial charge < -0.3 is 5.11 Å². The molecule has 0 fully saturated rings. The third kappa shape index (κ3) is 1.85. The van der Waals surface area contributed by atoms with Crippen molar-refractivity contribution in [2.45, 2.75) is 10.8 Å². The van der Waals surface area contributed by atoms with Crippen molar-refractivity contribution in [2.75, 3.05) is 0 Å². The SMILES string of the molecule is CC(I)c1ccc2cc(O)ccc2c1. The molecule has 1 unspecified atom stereocenters. The maximum atomic E-state index is 9.31. The maximum absolute atomic E-state index is 9.31. The Morgan fingerprint density at radius 3 is 2.43 bits per heavy atom. The normalized spacial score (nSPS) is 13.0. The van der Waals surface area contributed by atoms with Gasteiger partial charge in [-0.25, -0.2) is 0 Å². The van der Waals surface area contributed by atoms with Gasteiger partial charge in [0.25, 0.3) is 0 Å². The number of hydrogen-bond acceptors (Lipinski definition) is 1. The van der Waals surface area contributed by atoms with Gasteiger partial charge in [0.05, 0.1) is 0 Å². The van der Waals surface area contributed by atoms with Gasteiger partial charge in [-0.05, 0) is 35.4 Å². The molecule has 2 rings (SSSR count). The molecule has 0 saturated heterocycles. The van der Waals surface area contributed by atoms with Crippen molar-refractivity contribution in [3.05, 3.63) is 42.0 Å². The van der Waals surface area contributed by atoms with Crippen LogP contribution in [0.25, 0.3) is 10.8 Å². The molecule has 0 aromatic heterocycles. The van der Waals surface area contributed by atoms with Crippen LogP contribution in [0, 0.1) is 0 Å². The lowest BCUT2D eigenvalue weighted by Crippen LogP contribution is -1.83. The Kier molecular flexibility index (Phi) is 2.63. The zero-order valence-electron chi connectivity index (χ0n) is 7.87. The lowest BCUT2D eigenvalue weighted by atomic mass is 10.1. The summed E-state index contributed by atoms with van der Waals surface area (Å²) < 4.78 is 0.519. The van der Waals surface area contributed by atoms with E-state index in [2.05, 4.69) is 47.7 Å². The number of phenolic OH excluding ortho intramolecular Hbond substituents is 1. The van der Waals surface area contributed by atoms with Crippen molar-refractivity contribution >= 4 is 33.4 Å². The summed E-state index contributed by atoms with van der Waals surface area (Å²) in [7, 11) is 0. The van der Waals surface area contributed by atoms with Crippen LogP contribution >= 0.6 is 22.6 Å². The van der Waals surface area contributed by atoms with E-state index >= 15 is 0 Å². The second-order valence-electron chi connectivity index (χ2n) is 3.41. The van der Waals surface area contributed by atoms with Crippen LogP contribution in [0.15, 0.2) is 36.4 Å². The minimum absolute atomic E-state index is 0.327. The number of halogens is 1. The summed E-state index contributed by atoms with van der Waals surface area (Å²) in [5.74, 6) is 0.327. The van der Waals surface area contributed by atoms with E-state index in [1.165, 1.54) is 10.9 Å². The summed E-state index contributed by atoms with van der Waals surface area (Å²) in [6.45, 7) is 2.17. The first-order chi connectivity index (χ1) is 6.66. The van der Waals surface area contributed by atoms with Crippen LogP contribution in [0.2, 0.25) is 0 Å². The van der Waals surface area contributed by atoms with E-state index in [-0.39, 0.29) is 0 Å². The fourth-order valence-corrected chi connectivity index (χ4v) is 1.89. The average molecular weight is 298 g/mol. The van der Waals surface area contributed by atoms with Crippen molar-refractivity contribution in [1.82, 2.24) is 0 Å². The highest BCUT2D eigenvalue weighted by Gasteiger charge is 2.01. The van der Waals surface area contributed by atoms with E-state index in [1.807, 2.05) is 6.07 Å². The van der Waals surface area contributed by atoms with Gasteiger partial charge in [-0.2, -0.15) is 0 Å². The van der Waals surface area contributed by atoms with Crippen LogP contribution in [-0.2, 0) is 0 Å². The standard InChI is InChI=1S/C12H11IO/c1-8(13)9-2-3-11-7-12(14)5-4-10(11)6-9/h2-8,14H,1H3. The molecule has 0 spiro atoms. The predicted molar refractivity (Wildman–Crippen MR) is 68.0 cm³/mol. The quantitative estimate of drug-likeness (QED) is 0.622. The highest BCUT2D eigenvalue weighted by atomic mass is 127. The number of aromatic hydroxyl groups is 1. The first-order valence-corrected chi connectivity index (χ1v) is 5.78. The van der Waals surface area contributed by atoms with Gasteiger partial charge in [-0.15, -0.1) is 0 Å². The number of phenols is 1. The van der Waals surface area contributed by atoms with Crippen LogP contribution in [-0.4, -0.2) is 5.11 Å². The Bertz CT molecular complexity index is 463. The molecule has 0 radical (unpaired) electrons. The monoisotopic (exact) mass is 298 g/mol. The summed E-state index contributed by atoms with van der Waals surface area (Å²) >= 11 is 2.40. The van der Waals surface area contributed by atoms with E-state index in [9.17, 15) is 5.11 Å². The Labute approximate surface area is 96.9 Å². The van der Waals surface area contributed by atoms with Crippen LogP contribution < -0.4 is 0 Å². The highest BCUT2D eigenvalue weighted by molar-refractivity contribution is 14.1. The van der Waals surface area contributed by atoms with Gasteiger partial charge >= 0.3 is 0 Å². The van der Waals surface area contributed by atoms with Crippen molar-refractivity contribution in [3.63, 3.8) is 0 Å². The number of fused-ring (bicyclic) bond motifs is 1. The van der Waals surface area contributed by atoms with E-state index in [0.29, 0.717) is 9.67 Å². The lowest BCUT2D eigenvalue weighted by molar-refractivity contribution is 0.476. The molecule has 0 aliphatic heterocycles. The molecule has 0 heterocycles. The Hall–Kier alpha value is -0.770. The van der Waals surface area contributed by atoms with E-state index in [4.69, 9.17) is 0 Å². The van der Waals surface area contributed by atoms with Crippen molar-refractivity contribution < 1.29 is 5.11 Å². The molecular formula is C12H11IO. The van der Waals surface area contributed by atoms with Gasteiger partial charge in [0.1, 0.15) is 5.75 Å². The molecule has 1 nitrogen and oxygen atoms in total. The Morgan fingerprint density at radius 1 is 1.07 bits per heavy atom. The average Bonchev–Trinajstić information content (AvgIpc) is 2.16. The third-order valence-corrected chi connectivity index (χ3v) is 3.03. The number of benzene rings is 2. The van der Waals surface area contributed by atoms with E-state index in [0.717, 1.165) is 5.39 Å². The molecule has 2 aromatic rings. The second kappa shape index (κ2) is 3.77. The van der Waals surface area contributed by atoms with Crippen LogP contribution in [0.3, 0.4) is 0 Å². The van der Waals surface area contributed by atoms with Crippen molar-refractivity contribution in [3.8, 4) is 5.75 Å². The molecule has 0 aliphatic carbocycles. The molecule has 0 saturated carbocycles. The summed E-state index contributed by atoms with van der Waals surface area (Å²) in [4.78, 5) is 0. The van der Waals surface area contributed by atoms with E-state index < -0.39 is 0 Å². The fourth-order valence-electron chi connectivity index (χ4n) is 1.50. The van der Waals surface area contributed by atoms with Crippen molar-refractivity contribution in [2.24, 2.45) is 0 Å². The molecule has 0 bridgehead atoms. The second-order valence-corrected chi connectivity index (χ2v) is 5.28. The first-order valence-electron chi connectivity index (χ1n) is 4.53. The van der Waals surface area contributed by atoms with Gasteiger partial charge in [0.15, 0.2) is 0 Å². The molecule has 2 heteroatoms. The molecule has 0 aliphatic rings. The molecule has 2 aromatic carbocycles. The highest BCUT2D eigenvalue weighted by Crippen LogP contribution is 2.27. The molecule has 1 atom stereocenters. The zero-order chi connectivity index (χ0) is 10.1. The number of rotatable bonds is 1. The molecule has 14 heavy (non-hydrogen) atoms. The lowest BCUT2D eigenvalue weighted by Gasteiger charge is -2.05. The fraction of sp³-hybridized carbons (Fsp3) is 0.167. The first kappa shape index (κ1) is 9.77. The van der Waals surface area contributed by atoms with Crippen molar-refractivity contribution in [1.29, 1.82) is 0 Å². The zero-order valence-corrected chi connectivity index (χ0v) is 10.0. The molecule has 1 N–H and O–H groups in total. The molecule has 0 amide bonds. The minimum Gasteiger partial charge on any atom is -0.508 e. The minimum atomic E-state index is 0.327. The van der Waals surface area contributed by atoms with E-state index in [1.54, 1.807) is 12.1 Å². The van der Waals surface area contributed by atoms with Gasteiger partial charge in [-0.1, -0.05) is 46.9 Å². The topological polar surface area (TPSA) is 20.2 Å². The predicted octanol–water partition coefficient (Wildman–Crippen LogP) is 4.04. The summed E-state index contributed by atoms with van der Waals surface area (Å²) in [5, 5.41) is 11.6. The van der Waals surface area contributed by atoms with Crippen LogP contribution in [0.4, 0.5) is 0 Å². The number of alkyl halides is 1. The third-order valence-electron chi connectivity index (χ3n) is 2.31. The Morgan fingerprint density at radius 2 is 1.71 bits per heavy atom. The van der Waals surface area contributed by atoms with Gasteiger partial charge in [-0.3, -0.25) is 0 Å². The Balaban J connectivity index is 2.62. The van der Waals surface area contributed by atoms with Crippen LogP contribution in [0.1, 0.15) is 16.4 Å². The summed E-state index contributed by atoms with van der Waals surface area (Å²) in [6, 6.07) is 11.8. The number of hydrogen-bond donors (Lipinski definition) is 1. The van der Waals surface area contributed by atoms with Gasteiger partial charge in [0, 0.05) is 3.92 Å². The smallest absolute Gasteiger partial charge is 0.116 e. The molecule has 72 valence electrons. The summed E-state index contributed by atoms with van der Waals surface area (Å²) in [6.07, 6.45) is 0. The molecular weight excluding hydrogens is 287 g/mol. The van der Waals surface area contributed by atoms with Crippen LogP contribution in [0.5, 0.6) is 5.75 Å². The van der Waals surface area contributed by atoms with Gasteiger partial charge in [0.2, 0.25) is 0 Å². The maximum Gasteiger partial charge on any atom is 0.116 e. The summed E-state index contributed by atoms with van der Waals surface area (Å²) in [5.41, 5.74) is 1.32.